The molecule has 0 unspecified atom stereocenters. The smallest absolute Gasteiger partial charge is 0.337 e. The van der Waals surface area contributed by atoms with Crippen molar-refractivity contribution < 1.29 is 14.7 Å². The highest BCUT2D eigenvalue weighted by Gasteiger charge is 2.26. The van der Waals surface area contributed by atoms with E-state index in [1.54, 1.807) is 42.6 Å². The summed E-state index contributed by atoms with van der Waals surface area (Å²) in [5.74, 6) is -1.17. The Hall–Kier alpha value is -3.42. The summed E-state index contributed by atoms with van der Waals surface area (Å²) in [4.78, 5) is 30.9. The highest BCUT2D eigenvalue weighted by atomic mass is 32.1. The number of aromatic amines is 1. The van der Waals surface area contributed by atoms with Crippen LogP contribution in [-0.2, 0) is 4.79 Å². The Bertz CT molecular complexity index is 1370. The Morgan fingerprint density at radius 2 is 1.87 bits per heavy atom. The van der Waals surface area contributed by atoms with E-state index >= 15 is 0 Å². The van der Waals surface area contributed by atoms with E-state index in [-0.39, 0.29) is 11.5 Å². The number of hydrogen-bond donors (Lipinski definition) is 3. The van der Waals surface area contributed by atoms with E-state index in [1.165, 1.54) is 9.75 Å². The molecule has 0 atom stereocenters. The molecule has 0 radical (unpaired) electrons. The zero-order valence-corrected chi connectivity index (χ0v) is 18.4. The molecule has 1 aliphatic heterocycles. The van der Waals surface area contributed by atoms with Crippen molar-refractivity contribution in [1.29, 1.82) is 0 Å². The summed E-state index contributed by atoms with van der Waals surface area (Å²) in [5, 5.41) is 14.4. The maximum absolute atomic E-state index is 12.7. The average Bonchev–Trinajstić information content (AvgIpc) is 3.50. The van der Waals surface area contributed by atoms with Crippen LogP contribution in [0.2, 0.25) is 0 Å². The molecule has 4 heterocycles. The first-order valence-electron chi connectivity index (χ1n) is 9.66. The summed E-state index contributed by atoms with van der Waals surface area (Å²) < 4.78 is 0. The maximum atomic E-state index is 12.7. The van der Waals surface area contributed by atoms with Crippen molar-refractivity contribution in [3.8, 4) is 20.2 Å². The lowest BCUT2D eigenvalue weighted by Gasteiger charge is -2.03. The number of fused-ring (bicyclic) bond motifs is 1. The molecule has 0 bridgehead atoms. The molecule has 4 aromatic rings. The summed E-state index contributed by atoms with van der Waals surface area (Å²) in [6.45, 7) is 3.47. The third kappa shape index (κ3) is 3.32. The van der Waals surface area contributed by atoms with Gasteiger partial charge in [-0.2, -0.15) is 0 Å². The van der Waals surface area contributed by atoms with E-state index in [4.69, 9.17) is 0 Å². The Balaban J connectivity index is 1.56. The van der Waals surface area contributed by atoms with Crippen LogP contribution in [0.4, 0.5) is 5.69 Å². The number of carboxylic acid groups (broad SMARTS) is 1. The lowest BCUT2D eigenvalue weighted by Crippen LogP contribution is -2.03. The molecule has 1 aliphatic rings. The third-order valence-corrected chi connectivity index (χ3v) is 7.64. The molecule has 31 heavy (non-hydrogen) atoms. The van der Waals surface area contributed by atoms with Crippen LogP contribution >= 0.6 is 22.7 Å². The number of hydrogen-bond acceptors (Lipinski definition) is 4. The van der Waals surface area contributed by atoms with Gasteiger partial charge >= 0.3 is 5.97 Å². The second kappa shape index (κ2) is 7.37. The first kappa shape index (κ1) is 19.5. The Labute approximate surface area is 186 Å². The summed E-state index contributed by atoms with van der Waals surface area (Å²) in [5.41, 5.74) is 5.21. The van der Waals surface area contributed by atoms with Gasteiger partial charge in [0, 0.05) is 37.3 Å². The number of H-pyrrole nitrogens is 1. The van der Waals surface area contributed by atoms with Crippen LogP contribution in [0.1, 0.15) is 32.9 Å². The molecule has 7 heteroatoms. The fourth-order valence-corrected chi connectivity index (χ4v) is 5.75. The van der Waals surface area contributed by atoms with Crippen LogP contribution in [-0.4, -0.2) is 22.0 Å². The van der Waals surface area contributed by atoms with Crippen LogP contribution in [0.3, 0.4) is 0 Å². The number of nitrogens with one attached hydrogen (secondary N) is 2. The van der Waals surface area contributed by atoms with Crippen molar-refractivity contribution in [2.24, 2.45) is 0 Å². The molecular formula is C24H18N2O3S2. The number of carbonyl (C=O) groups excluding carboxylic acids is 1. The van der Waals surface area contributed by atoms with Crippen molar-refractivity contribution in [1.82, 2.24) is 4.98 Å². The van der Waals surface area contributed by atoms with E-state index in [1.807, 2.05) is 24.3 Å². The fourth-order valence-electron chi connectivity index (χ4n) is 3.91. The molecule has 154 valence electrons. The van der Waals surface area contributed by atoms with Crippen LogP contribution in [0.25, 0.3) is 31.8 Å². The zero-order chi connectivity index (χ0) is 21.7. The molecule has 5 nitrogen and oxygen atoms in total. The van der Waals surface area contributed by atoms with Crippen molar-refractivity contribution in [2.75, 3.05) is 5.32 Å². The lowest BCUT2D eigenvalue weighted by molar-refractivity contribution is -0.110. The quantitative estimate of drug-likeness (QED) is 0.323. The fraction of sp³-hybridized carbons (Fsp3) is 0.0833. The minimum Gasteiger partial charge on any atom is -0.478 e. The molecule has 3 aromatic heterocycles. The topological polar surface area (TPSA) is 82.2 Å². The number of thiophene rings is 2. The van der Waals surface area contributed by atoms with E-state index in [2.05, 4.69) is 33.9 Å². The van der Waals surface area contributed by atoms with Gasteiger partial charge in [0.05, 0.1) is 11.1 Å². The molecule has 0 saturated heterocycles. The van der Waals surface area contributed by atoms with Crippen molar-refractivity contribution in [3.63, 3.8) is 0 Å². The predicted molar refractivity (Wildman–Crippen MR) is 127 cm³/mol. The average molecular weight is 447 g/mol. The van der Waals surface area contributed by atoms with Gasteiger partial charge in [0.15, 0.2) is 0 Å². The summed E-state index contributed by atoms with van der Waals surface area (Å²) >= 11 is 3.43. The zero-order valence-electron chi connectivity index (χ0n) is 16.8. The van der Waals surface area contributed by atoms with Crippen molar-refractivity contribution in [2.45, 2.75) is 13.8 Å². The Kier molecular flexibility index (Phi) is 4.64. The molecule has 0 aliphatic carbocycles. The van der Waals surface area contributed by atoms with Gasteiger partial charge < -0.3 is 15.4 Å². The van der Waals surface area contributed by atoms with E-state index in [9.17, 15) is 14.7 Å². The van der Waals surface area contributed by atoms with Gasteiger partial charge in [-0.3, -0.25) is 4.79 Å². The highest BCUT2D eigenvalue weighted by molar-refractivity contribution is 7.23. The van der Waals surface area contributed by atoms with E-state index in [0.29, 0.717) is 22.5 Å². The minimum atomic E-state index is -0.978. The molecule has 1 aromatic carbocycles. The monoisotopic (exact) mass is 446 g/mol. The van der Waals surface area contributed by atoms with Gasteiger partial charge in [0.25, 0.3) is 5.91 Å². The normalized spacial score (nSPS) is 14.1. The molecule has 3 N–H and O–H groups in total. The molecule has 5 rings (SSSR count). The van der Waals surface area contributed by atoms with Crippen LogP contribution in [0.15, 0.2) is 47.8 Å². The van der Waals surface area contributed by atoms with Crippen molar-refractivity contribution in [3.05, 3.63) is 75.9 Å². The van der Waals surface area contributed by atoms with Gasteiger partial charge in [-0.25, -0.2) is 4.79 Å². The number of benzene rings is 1. The number of aromatic carboxylic acids is 1. The Morgan fingerprint density at radius 3 is 2.58 bits per heavy atom. The van der Waals surface area contributed by atoms with Gasteiger partial charge in [-0.15, -0.1) is 22.7 Å². The summed E-state index contributed by atoms with van der Waals surface area (Å²) in [6, 6.07) is 14.3. The number of aromatic nitrogens is 1. The molecule has 0 fully saturated rings. The number of amides is 1. The standard InChI is InChI=1S/C24H18N2O3S2/c1-12-18(25-13(2)22(12)24(28)29)11-16-15-10-14(5-6-17(15)26-23(16)27)19-7-8-21(31-19)20-4-3-9-30-20/h3-11,25H,1-2H3,(H,26,27)(H,28,29). The van der Waals surface area contributed by atoms with E-state index < -0.39 is 5.97 Å². The largest absolute Gasteiger partial charge is 0.478 e. The van der Waals surface area contributed by atoms with Crippen molar-refractivity contribution >= 4 is 51.9 Å². The SMILES string of the molecule is Cc1[nH]c(C=C2C(=O)Nc3ccc(-c4ccc(-c5cccs5)s4)cc32)c(C)c1C(=O)O. The number of aryl methyl sites for hydroxylation is 1. The second-order valence-corrected chi connectivity index (χ2v) is 9.41. The maximum Gasteiger partial charge on any atom is 0.337 e. The van der Waals surface area contributed by atoms with Gasteiger partial charge in [0.2, 0.25) is 0 Å². The molecular weight excluding hydrogens is 428 g/mol. The second-order valence-electron chi connectivity index (χ2n) is 7.38. The van der Waals surface area contributed by atoms with Crippen LogP contribution in [0, 0.1) is 13.8 Å². The highest BCUT2D eigenvalue weighted by Crippen LogP contribution is 2.40. The van der Waals surface area contributed by atoms with Crippen LogP contribution < -0.4 is 5.32 Å². The third-order valence-electron chi connectivity index (χ3n) is 5.44. The minimum absolute atomic E-state index is 0.193. The van der Waals surface area contributed by atoms with Gasteiger partial charge in [-0.05, 0) is 66.8 Å². The Morgan fingerprint density at radius 1 is 1.06 bits per heavy atom. The summed E-state index contributed by atoms with van der Waals surface area (Å²) in [7, 11) is 0. The predicted octanol–water partition coefficient (Wildman–Crippen LogP) is 6.28. The van der Waals surface area contributed by atoms with Gasteiger partial charge in [-0.1, -0.05) is 12.1 Å². The summed E-state index contributed by atoms with van der Waals surface area (Å²) in [6.07, 6.45) is 1.74. The first-order valence-corrected chi connectivity index (χ1v) is 11.4. The number of rotatable bonds is 4. The number of anilines is 1. The molecule has 1 amide bonds. The lowest BCUT2D eigenvalue weighted by atomic mass is 10.0. The van der Waals surface area contributed by atoms with Crippen LogP contribution in [0.5, 0.6) is 0 Å². The first-order chi connectivity index (χ1) is 14.9. The molecule has 0 spiro atoms. The van der Waals surface area contributed by atoms with Gasteiger partial charge in [0.1, 0.15) is 0 Å². The number of carbonyl (C=O) groups is 2. The molecule has 0 saturated carbocycles. The number of carboxylic acids is 1. The van der Waals surface area contributed by atoms with E-state index in [0.717, 1.165) is 21.7 Å².